The number of allylic oxidation sites excluding steroid dienone is 2. The lowest BCUT2D eigenvalue weighted by Gasteiger charge is -2.19. The molecule has 2 bridgehead atoms. The van der Waals surface area contributed by atoms with Crippen molar-refractivity contribution in [1.82, 2.24) is 4.90 Å². The second kappa shape index (κ2) is 3.10. The standard InChI is InChI=1S/C13H21N/c1-14(2)8-9-5-12-10-3-4-11(7-10)13(12)6-9/h3-4,9-13H,5-8H2,1-2H3/t9?,10-,11+,12?,13?. The van der Waals surface area contributed by atoms with Crippen molar-refractivity contribution in [3.63, 3.8) is 0 Å². The quantitative estimate of drug-likeness (QED) is 0.606. The topological polar surface area (TPSA) is 3.24 Å². The van der Waals surface area contributed by atoms with E-state index in [9.17, 15) is 0 Å². The molecule has 3 unspecified atom stereocenters. The van der Waals surface area contributed by atoms with Crippen LogP contribution in [0.3, 0.4) is 0 Å². The first-order valence-electron chi connectivity index (χ1n) is 6.07. The molecule has 3 rings (SSSR count). The van der Waals surface area contributed by atoms with Crippen molar-refractivity contribution in [3.05, 3.63) is 12.2 Å². The van der Waals surface area contributed by atoms with Crippen molar-refractivity contribution in [1.29, 1.82) is 0 Å². The fourth-order valence-corrected chi connectivity index (χ4v) is 4.26. The summed E-state index contributed by atoms with van der Waals surface area (Å²) in [6.07, 6.45) is 9.51. The Hall–Kier alpha value is -0.300. The second-order valence-corrected chi connectivity index (χ2v) is 5.88. The maximum absolute atomic E-state index is 2.50. The molecule has 0 radical (unpaired) electrons. The Morgan fingerprint density at radius 1 is 1.00 bits per heavy atom. The van der Waals surface area contributed by atoms with E-state index in [0.29, 0.717) is 0 Å². The van der Waals surface area contributed by atoms with Crippen LogP contribution in [-0.4, -0.2) is 25.5 Å². The zero-order valence-corrected chi connectivity index (χ0v) is 9.32. The predicted octanol–water partition coefficient (Wildman–Crippen LogP) is 2.40. The molecule has 1 nitrogen and oxygen atoms in total. The molecule has 3 aliphatic rings. The molecular weight excluding hydrogens is 170 g/mol. The van der Waals surface area contributed by atoms with Crippen LogP contribution in [0.1, 0.15) is 19.3 Å². The van der Waals surface area contributed by atoms with Crippen LogP contribution in [-0.2, 0) is 0 Å². The van der Waals surface area contributed by atoms with Gasteiger partial charge in [0.2, 0.25) is 0 Å². The number of nitrogens with zero attached hydrogens (tertiary/aromatic N) is 1. The summed E-state index contributed by atoms with van der Waals surface area (Å²) < 4.78 is 0. The fraction of sp³-hybridized carbons (Fsp3) is 0.846. The Balaban J connectivity index is 1.67. The molecule has 0 aromatic rings. The average Bonchev–Trinajstić information content (AvgIpc) is 2.69. The zero-order chi connectivity index (χ0) is 9.71. The molecule has 0 aromatic heterocycles. The molecule has 78 valence electrons. The Morgan fingerprint density at radius 3 is 2.07 bits per heavy atom. The highest BCUT2D eigenvalue weighted by atomic mass is 15.1. The summed E-state index contributed by atoms with van der Waals surface area (Å²) in [6.45, 7) is 1.31. The van der Waals surface area contributed by atoms with Gasteiger partial charge in [-0.15, -0.1) is 0 Å². The molecule has 2 saturated carbocycles. The van der Waals surface area contributed by atoms with E-state index in [1.54, 1.807) is 0 Å². The molecule has 2 fully saturated rings. The van der Waals surface area contributed by atoms with Crippen molar-refractivity contribution in [3.8, 4) is 0 Å². The lowest BCUT2D eigenvalue weighted by atomic mass is 9.86. The van der Waals surface area contributed by atoms with Gasteiger partial charge in [-0.05, 0) is 62.9 Å². The van der Waals surface area contributed by atoms with Gasteiger partial charge in [0.05, 0.1) is 0 Å². The minimum atomic E-state index is 0.970. The average molecular weight is 191 g/mol. The summed E-state index contributed by atoms with van der Waals surface area (Å²) in [6, 6.07) is 0. The zero-order valence-electron chi connectivity index (χ0n) is 9.32. The van der Waals surface area contributed by atoms with E-state index >= 15 is 0 Å². The normalized spacial score (nSPS) is 49.2. The van der Waals surface area contributed by atoms with Crippen LogP contribution in [0.2, 0.25) is 0 Å². The molecule has 14 heavy (non-hydrogen) atoms. The van der Waals surface area contributed by atoms with Crippen LogP contribution in [0.5, 0.6) is 0 Å². The highest BCUT2D eigenvalue weighted by Gasteiger charge is 2.49. The molecule has 0 N–H and O–H groups in total. The molecular formula is C13H21N. The van der Waals surface area contributed by atoms with Gasteiger partial charge in [-0.25, -0.2) is 0 Å². The first kappa shape index (κ1) is 8.96. The molecule has 0 amide bonds. The number of rotatable bonds is 2. The fourth-order valence-electron chi connectivity index (χ4n) is 4.26. The molecule has 3 aliphatic carbocycles. The highest BCUT2D eigenvalue weighted by Crippen LogP contribution is 2.56. The van der Waals surface area contributed by atoms with E-state index in [4.69, 9.17) is 0 Å². The van der Waals surface area contributed by atoms with Gasteiger partial charge in [-0.1, -0.05) is 12.2 Å². The molecule has 0 heterocycles. The molecule has 0 aliphatic heterocycles. The van der Waals surface area contributed by atoms with E-state index in [2.05, 4.69) is 31.1 Å². The van der Waals surface area contributed by atoms with Gasteiger partial charge in [-0.3, -0.25) is 0 Å². The van der Waals surface area contributed by atoms with Crippen LogP contribution < -0.4 is 0 Å². The second-order valence-electron chi connectivity index (χ2n) is 5.88. The monoisotopic (exact) mass is 191 g/mol. The Morgan fingerprint density at radius 2 is 1.57 bits per heavy atom. The van der Waals surface area contributed by atoms with E-state index in [1.165, 1.54) is 25.8 Å². The minimum absolute atomic E-state index is 0.970. The Bertz CT molecular complexity index is 236. The van der Waals surface area contributed by atoms with Gasteiger partial charge in [0.25, 0.3) is 0 Å². The summed E-state index contributed by atoms with van der Waals surface area (Å²) in [5.74, 6) is 5.06. The lowest BCUT2D eigenvalue weighted by Crippen LogP contribution is -2.20. The minimum Gasteiger partial charge on any atom is -0.309 e. The summed E-state index contributed by atoms with van der Waals surface area (Å²) >= 11 is 0. The summed E-state index contributed by atoms with van der Waals surface area (Å²) in [4.78, 5) is 2.36. The van der Waals surface area contributed by atoms with Crippen molar-refractivity contribution in [2.45, 2.75) is 19.3 Å². The SMILES string of the molecule is CN(C)CC1CC2C(C1)[C@H]1C=C[C@@H]2C1. The van der Waals surface area contributed by atoms with Crippen molar-refractivity contribution in [2.24, 2.45) is 29.6 Å². The van der Waals surface area contributed by atoms with Crippen molar-refractivity contribution >= 4 is 0 Å². The van der Waals surface area contributed by atoms with E-state index < -0.39 is 0 Å². The van der Waals surface area contributed by atoms with Crippen LogP contribution in [0.4, 0.5) is 0 Å². The van der Waals surface area contributed by atoms with E-state index in [0.717, 1.165) is 29.6 Å². The van der Waals surface area contributed by atoms with Crippen LogP contribution in [0, 0.1) is 29.6 Å². The first-order valence-corrected chi connectivity index (χ1v) is 6.07. The predicted molar refractivity (Wildman–Crippen MR) is 59.0 cm³/mol. The highest BCUT2D eigenvalue weighted by molar-refractivity contribution is 5.15. The van der Waals surface area contributed by atoms with Gasteiger partial charge in [0, 0.05) is 6.54 Å². The van der Waals surface area contributed by atoms with Gasteiger partial charge >= 0.3 is 0 Å². The molecule has 5 atom stereocenters. The first-order chi connectivity index (χ1) is 6.74. The number of fused-ring (bicyclic) bond motifs is 5. The summed E-state index contributed by atoms with van der Waals surface area (Å²) in [5.41, 5.74) is 0. The van der Waals surface area contributed by atoms with Crippen LogP contribution in [0.15, 0.2) is 12.2 Å². The molecule has 0 spiro atoms. The smallest absolute Gasteiger partial charge is 0.000377 e. The van der Waals surface area contributed by atoms with E-state index in [-0.39, 0.29) is 0 Å². The van der Waals surface area contributed by atoms with Crippen LogP contribution in [0.25, 0.3) is 0 Å². The van der Waals surface area contributed by atoms with Crippen molar-refractivity contribution in [2.75, 3.05) is 20.6 Å². The molecule has 1 heteroatoms. The third-order valence-electron chi connectivity index (χ3n) is 4.63. The Kier molecular flexibility index (Phi) is 1.98. The van der Waals surface area contributed by atoms with Gasteiger partial charge in [0.1, 0.15) is 0 Å². The third kappa shape index (κ3) is 1.25. The van der Waals surface area contributed by atoms with Crippen molar-refractivity contribution < 1.29 is 0 Å². The lowest BCUT2D eigenvalue weighted by molar-refractivity contribution is 0.309. The van der Waals surface area contributed by atoms with Gasteiger partial charge in [-0.2, -0.15) is 0 Å². The molecule has 0 saturated heterocycles. The molecule has 0 aromatic carbocycles. The Labute approximate surface area is 87.2 Å². The van der Waals surface area contributed by atoms with Gasteiger partial charge < -0.3 is 4.90 Å². The summed E-state index contributed by atoms with van der Waals surface area (Å²) in [7, 11) is 4.42. The van der Waals surface area contributed by atoms with Gasteiger partial charge in [0.15, 0.2) is 0 Å². The third-order valence-corrected chi connectivity index (χ3v) is 4.63. The summed E-state index contributed by atoms with van der Waals surface area (Å²) in [5, 5.41) is 0. The maximum atomic E-state index is 2.50. The largest absolute Gasteiger partial charge is 0.309 e. The van der Waals surface area contributed by atoms with E-state index in [1.807, 2.05) is 0 Å². The number of hydrogen-bond donors (Lipinski definition) is 0. The maximum Gasteiger partial charge on any atom is 0.000377 e. The number of hydrogen-bond acceptors (Lipinski definition) is 1. The van der Waals surface area contributed by atoms with Crippen LogP contribution >= 0.6 is 0 Å².